The molecule has 1 atom stereocenters. The molecule has 0 aromatic heterocycles. The van der Waals surface area contributed by atoms with Crippen LogP contribution in [0.25, 0.3) is 0 Å². The molecule has 1 rings (SSSR count). The summed E-state index contributed by atoms with van der Waals surface area (Å²) < 4.78 is 19.0. The van der Waals surface area contributed by atoms with E-state index in [2.05, 4.69) is 6.92 Å². The van der Waals surface area contributed by atoms with Gasteiger partial charge in [-0.1, -0.05) is 31.2 Å². The van der Waals surface area contributed by atoms with Gasteiger partial charge in [0.15, 0.2) is 11.1 Å². The summed E-state index contributed by atoms with van der Waals surface area (Å²) in [4.78, 5) is 0. The van der Waals surface area contributed by atoms with Gasteiger partial charge in [-0.25, -0.2) is 4.21 Å². The quantitative estimate of drug-likeness (QED) is 0.729. The predicted octanol–water partition coefficient (Wildman–Crippen LogP) is 1.97. The average molecular weight is 184 g/mol. The Morgan fingerprint density at radius 3 is 2.17 bits per heavy atom. The lowest BCUT2D eigenvalue weighted by molar-refractivity contribution is 0.563. The maximum Gasteiger partial charge on any atom is 0.157 e. The minimum atomic E-state index is -1.73. The number of benzene rings is 1. The van der Waals surface area contributed by atoms with E-state index in [1.165, 1.54) is 5.56 Å². The predicted molar refractivity (Wildman–Crippen MR) is 50.3 cm³/mol. The first-order valence-electron chi connectivity index (χ1n) is 3.87. The summed E-state index contributed by atoms with van der Waals surface area (Å²) >= 11 is -1.73. The summed E-state index contributed by atoms with van der Waals surface area (Å²) in [6.07, 6.45) is 1.00. The highest BCUT2D eigenvalue weighted by atomic mass is 32.2. The zero-order valence-corrected chi connectivity index (χ0v) is 7.80. The van der Waals surface area contributed by atoms with Crippen LogP contribution in [0.3, 0.4) is 0 Å². The number of hydrogen-bond acceptors (Lipinski definition) is 1. The van der Waals surface area contributed by atoms with Crippen LogP contribution in [0.2, 0.25) is 0 Å². The standard InChI is InChI=1S/C9H12O2S/c1-2-8-3-5-9(6-4-8)7-12(10)11/h3-6H,2,7H2,1H3,(H,10,11). The van der Waals surface area contributed by atoms with E-state index in [4.69, 9.17) is 4.55 Å². The molecule has 0 aliphatic heterocycles. The van der Waals surface area contributed by atoms with Crippen molar-refractivity contribution in [1.29, 1.82) is 0 Å². The van der Waals surface area contributed by atoms with Gasteiger partial charge in [-0.15, -0.1) is 0 Å². The normalized spacial score (nSPS) is 12.8. The molecule has 0 bridgehead atoms. The molecular formula is C9H12O2S. The third kappa shape index (κ3) is 2.75. The molecule has 12 heavy (non-hydrogen) atoms. The second kappa shape index (κ2) is 4.38. The largest absolute Gasteiger partial charge is 0.306 e. The first-order valence-corrected chi connectivity index (χ1v) is 5.15. The molecule has 0 radical (unpaired) electrons. The van der Waals surface area contributed by atoms with E-state index in [-0.39, 0.29) is 5.75 Å². The van der Waals surface area contributed by atoms with Gasteiger partial charge < -0.3 is 4.55 Å². The minimum absolute atomic E-state index is 0.226. The monoisotopic (exact) mass is 184 g/mol. The van der Waals surface area contributed by atoms with Crippen LogP contribution in [0.5, 0.6) is 0 Å². The Kier molecular flexibility index (Phi) is 3.44. The molecule has 0 amide bonds. The lowest BCUT2D eigenvalue weighted by Gasteiger charge is -1.98. The minimum Gasteiger partial charge on any atom is -0.306 e. The highest BCUT2D eigenvalue weighted by Crippen LogP contribution is 2.06. The summed E-state index contributed by atoms with van der Waals surface area (Å²) in [5.41, 5.74) is 2.16. The Balaban J connectivity index is 2.71. The molecule has 3 heteroatoms. The van der Waals surface area contributed by atoms with Gasteiger partial charge in [-0.2, -0.15) is 0 Å². The molecule has 0 saturated carbocycles. The van der Waals surface area contributed by atoms with Crippen LogP contribution in [0.4, 0.5) is 0 Å². The Bertz CT molecular complexity index is 266. The van der Waals surface area contributed by atoms with Crippen molar-refractivity contribution in [2.75, 3.05) is 0 Å². The Hall–Kier alpha value is -0.670. The fraction of sp³-hybridized carbons (Fsp3) is 0.333. The molecule has 1 aromatic rings. The second-order valence-electron chi connectivity index (χ2n) is 2.64. The van der Waals surface area contributed by atoms with Gasteiger partial charge >= 0.3 is 0 Å². The molecule has 0 aliphatic carbocycles. The van der Waals surface area contributed by atoms with Crippen LogP contribution in [0, 0.1) is 0 Å². The summed E-state index contributed by atoms with van der Waals surface area (Å²) in [7, 11) is 0. The number of rotatable bonds is 3. The average Bonchev–Trinajstić information content (AvgIpc) is 2.05. The van der Waals surface area contributed by atoms with Crippen molar-refractivity contribution >= 4 is 11.1 Å². The highest BCUT2D eigenvalue weighted by Gasteiger charge is 1.96. The molecule has 66 valence electrons. The molecule has 1 aromatic carbocycles. The number of hydrogen-bond donors (Lipinski definition) is 1. The first kappa shape index (κ1) is 9.42. The van der Waals surface area contributed by atoms with Crippen molar-refractivity contribution in [2.45, 2.75) is 19.1 Å². The van der Waals surface area contributed by atoms with Gasteiger partial charge in [-0.05, 0) is 17.5 Å². The van der Waals surface area contributed by atoms with Crippen LogP contribution >= 0.6 is 0 Å². The topological polar surface area (TPSA) is 37.3 Å². The fourth-order valence-corrected chi connectivity index (χ4v) is 1.49. The van der Waals surface area contributed by atoms with Crippen LogP contribution in [-0.2, 0) is 23.3 Å². The lowest BCUT2D eigenvalue weighted by Crippen LogP contribution is -1.92. The second-order valence-corrected chi connectivity index (χ2v) is 3.57. The van der Waals surface area contributed by atoms with Crippen LogP contribution < -0.4 is 0 Å². The summed E-state index contributed by atoms with van der Waals surface area (Å²) in [5.74, 6) is 0.226. The van der Waals surface area contributed by atoms with Crippen molar-refractivity contribution in [1.82, 2.24) is 0 Å². The van der Waals surface area contributed by atoms with Crippen molar-refractivity contribution < 1.29 is 8.76 Å². The summed E-state index contributed by atoms with van der Waals surface area (Å²) in [6, 6.07) is 7.77. The van der Waals surface area contributed by atoms with Gasteiger partial charge in [0.25, 0.3) is 0 Å². The van der Waals surface area contributed by atoms with Crippen molar-refractivity contribution in [3.63, 3.8) is 0 Å². The Labute approximate surface area is 74.9 Å². The molecule has 0 saturated heterocycles. The zero-order chi connectivity index (χ0) is 8.97. The van der Waals surface area contributed by atoms with E-state index in [1.54, 1.807) is 0 Å². The van der Waals surface area contributed by atoms with Crippen molar-refractivity contribution in [3.05, 3.63) is 35.4 Å². The third-order valence-corrected chi connectivity index (χ3v) is 2.30. The van der Waals surface area contributed by atoms with Gasteiger partial charge in [0.05, 0.1) is 5.75 Å². The van der Waals surface area contributed by atoms with Crippen LogP contribution in [-0.4, -0.2) is 8.76 Å². The number of aryl methyl sites for hydroxylation is 1. The molecule has 1 unspecified atom stereocenters. The van der Waals surface area contributed by atoms with Crippen LogP contribution in [0.1, 0.15) is 18.1 Å². The summed E-state index contributed by atoms with van der Waals surface area (Å²) in [6.45, 7) is 2.08. The van der Waals surface area contributed by atoms with E-state index >= 15 is 0 Å². The molecular weight excluding hydrogens is 172 g/mol. The van der Waals surface area contributed by atoms with Crippen molar-refractivity contribution in [3.8, 4) is 0 Å². The van der Waals surface area contributed by atoms with Gasteiger partial charge in [-0.3, -0.25) is 0 Å². The maximum atomic E-state index is 10.4. The van der Waals surface area contributed by atoms with E-state index < -0.39 is 11.1 Å². The van der Waals surface area contributed by atoms with Gasteiger partial charge in [0.1, 0.15) is 0 Å². The molecule has 0 heterocycles. The smallest absolute Gasteiger partial charge is 0.157 e. The first-order chi connectivity index (χ1) is 5.72. The van der Waals surface area contributed by atoms with E-state index in [0.29, 0.717) is 0 Å². The zero-order valence-electron chi connectivity index (χ0n) is 6.99. The molecule has 0 aliphatic rings. The van der Waals surface area contributed by atoms with Crippen LogP contribution in [0.15, 0.2) is 24.3 Å². The highest BCUT2D eigenvalue weighted by molar-refractivity contribution is 7.78. The van der Waals surface area contributed by atoms with Crippen molar-refractivity contribution in [2.24, 2.45) is 0 Å². The summed E-state index contributed by atoms with van der Waals surface area (Å²) in [5, 5.41) is 0. The molecule has 2 nitrogen and oxygen atoms in total. The van der Waals surface area contributed by atoms with Gasteiger partial charge in [0, 0.05) is 0 Å². The SMILES string of the molecule is CCc1ccc(CS(=O)O)cc1. The molecule has 0 fully saturated rings. The Morgan fingerprint density at radius 2 is 1.75 bits per heavy atom. The molecule has 1 N–H and O–H groups in total. The van der Waals surface area contributed by atoms with E-state index in [1.807, 2.05) is 24.3 Å². The Morgan fingerprint density at radius 1 is 1.25 bits per heavy atom. The van der Waals surface area contributed by atoms with E-state index in [9.17, 15) is 4.21 Å². The molecule has 0 spiro atoms. The fourth-order valence-electron chi connectivity index (χ4n) is 1.01. The maximum absolute atomic E-state index is 10.4. The van der Waals surface area contributed by atoms with E-state index in [0.717, 1.165) is 12.0 Å². The third-order valence-electron chi connectivity index (χ3n) is 1.72. The van der Waals surface area contributed by atoms with Gasteiger partial charge in [0.2, 0.25) is 0 Å². The lowest BCUT2D eigenvalue weighted by atomic mass is 10.1.